The number of carbonyl (C=O) groups excluding carboxylic acids is 2. The van der Waals surface area contributed by atoms with Crippen molar-refractivity contribution in [3.63, 3.8) is 0 Å². The van der Waals surface area contributed by atoms with Crippen molar-refractivity contribution in [1.82, 2.24) is 0 Å². The van der Waals surface area contributed by atoms with Crippen molar-refractivity contribution >= 4 is 11.9 Å². The van der Waals surface area contributed by atoms with E-state index in [1.54, 1.807) is 0 Å². The predicted molar refractivity (Wildman–Crippen MR) is 172 cm³/mol. The first kappa shape index (κ1) is 50.4. The number of allylic oxidation sites excluding steroid dienone is 2. The standard InChI is InChI=1S/2C18H34O3.2Zn/c2*1-2-3-4-11-14-17(19)15-12-9-7-5-6-8-10-13-16-18(20)21;;/h2*9,12,17,19H,2-8,10-11,13-16H2,1H3,(H,20,21);;/q;;2*+2/p-2/t2*17-;;/m11../s1. The van der Waals surface area contributed by atoms with Crippen LogP contribution in [0.5, 0.6) is 0 Å². The Kier molecular flexibility index (Phi) is 48.8. The van der Waals surface area contributed by atoms with E-state index in [-0.39, 0.29) is 64.0 Å². The van der Waals surface area contributed by atoms with Gasteiger partial charge in [0.15, 0.2) is 0 Å². The van der Waals surface area contributed by atoms with E-state index in [4.69, 9.17) is 0 Å². The van der Waals surface area contributed by atoms with Gasteiger partial charge in [0.1, 0.15) is 0 Å². The van der Waals surface area contributed by atoms with Gasteiger partial charge in [-0.1, -0.05) is 128 Å². The van der Waals surface area contributed by atoms with Crippen molar-refractivity contribution in [2.24, 2.45) is 0 Å². The Morgan fingerprint density at radius 2 is 0.818 bits per heavy atom. The maximum atomic E-state index is 10.2. The van der Waals surface area contributed by atoms with Crippen LogP contribution in [0.25, 0.3) is 0 Å². The maximum Gasteiger partial charge on any atom is 2.00 e. The molecule has 248 valence electrons. The predicted octanol–water partition coefficient (Wildman–Crippen LogP) is 7.48. The fourth-order valence-corrected chi connectivity index (χ4v) is 4.72. The summed E-state index contributed by atoms with van der Waals surface area (Å²) in [5, 5.41) is 40.0. The summed E-state index contributed by atoms with van der Waals surface area (Å²) in [5.41, 5.74) is 0. The van der Waals surface area contributed by atoms with Gasteiger partial charge in [-0.3, -0.25) is 0 Å². The van der Waals surface area contributed by atoms with Gasteiger partial charge in [0.2, 0.25) is 0 Å². The van der Waals surface area contributed by atoms with Crippen molar-refractivity contribution in [2.75, 3.05) is 0 Å². The molecule has 0 amide bonds. The van der Waals surface area contributed by atoms with E-state index in [0.29, 0.717) is 0 Å². The summed E-state index contributed by atoms with van der Waals surface area (Å²) in [6.45, 7) is 4.39. The second-order valence-corrected chi connectivity index (χ2v) is 11.8. The van der Waals surface area contributed by atoms with E-state index < -0.39 is 11.9 Å². The number of carboxylic acids is 2. The number of carboxylic acid groups (broad SMARTS) is 2. The van der Waals surface area contributed by atoms with Gasteiger partial charge in [0.05, 0.1) is 12.2 Å². The molecule has 0 saturated carbocycles. The van der Waals surface area contributed by atoms with Gasteiger partial charge >= 0.3 is 39.0 Å². The molecule has 2 atom stereocenters. The summed E-state index contributed by atoms with van der Waals surface area (Å²) in [5.74, 6) is -1.88. The van der Waals surface area contributed by atoms with Crippen molar-refractivity contribution < 1.29 is 69.0 Å². The summed E-state index contributed by atoms with van der Waals surface area (Å²) in [6, 6.07) is 0. The molecule has 44 heavy (non-hydrogen) atoms. The molecule has 0 bridgehead atoms. The third kappa shape index (κ3) is 48.5. The largest absolute Gasteiger partial charge is 2.00 e. The smallest absolute Gasteiger partial charge is 0.550 e. The summed E-state index contributed by atoms with van der Waals surface area (Å²) in [7, 11) is 0. The zero-order valence-electron chi connectivity index (χ0n) is 28.8. The van der Waals surface area contributed by atoms with Gasteiger partial charge in [-0.2, -0.15) is 0 Å². The van der Waals surface area contributed by atoms with Gasteiger partial charge < -0.3 is 30.0 Å². The Labute approximate surface area is 296 Å². The SMILES string of the molecule is CCCCCC[C@@H](O)CC=CCCCCCCCC(=O)[O-].CCCCCC[C@@H](O)CC=CCCCCCCCC(=O)[O-].[Zn+2].[Zn+2]. The molecule has 0 aromatic heterocycles. The van der Waals surface area contributed by atoms with E-state index in [2.05, 4.69) is 38.2 Å². The summed E-state index contributed by atoms with van der Waals surface area (Å²) in [4.78, 5) is 20.4. The molecule has 2 N–H and O–H groups in total. The number of aliphatic hydroxyl groups excluding tert-OH is 2. The minimum Gasteiger partial charge on any atom is -0.550 e. The molecule has 0 aliphatic rings. The molecule has 6 nitrogen and oxygen atoms in total. The molecule has 0 aromatic carbocycles. The van der Waals surface area contributed by atoms with Crippen LogP contribution in [0.2, 0.25) is 0 Å². The van der Waals surface area contributed by atoms with Gasteiger partial charge in [-0.25, -0.2) is 0 Å². The Morgan fingerprint density at radius 1 is 0.500 bits per heavy atom. The molecule has 0 spiro atoms. The van der Waals surface area contributed by atoms with Crippen LogP contribution in [0, 0.1) is 0 Å². The van der Waals surface area contributed by atoms with Crippen LogP contribution in [0.3, 0.4) is 0 Å². The van der Waals surface area contributed by atoms with Gasteiger partial charge in [-0.05, 0) is 77.0 Å². The van der Waals surface area contributed by atoms with Crippen molar-refractivity contribution in [1.29, 1.82) is 0 Å². The van der Waals surface area contributed by atoms with E-state index in [0.717, 1.165) is 116 Å². The monoisotopic (exact) mass is 722 g/mol. The number of hydrogen-bond acceptors (Lipinski definition) is 6. The molecule has 0 fully saturated rings. The topological polar surface area (TPSA) is 121 Å². The number of rotatable bonds is 30. The molecule has 0 unspecified atom stereocenters. The number of carbonyl (C=O) groups is 2. The molecule has 0 radical (unpaired) electrons. The van der Waals surface area contributed by atoms with Crippen LogP contribution in [0.4, 0.5) is 0 Å². The molecule has 0 saturated heterocycles. The first-order chi connectivity index (χ1) is 20.3. The quantitative estimate of drug-likeness (QED) is 0.0450. The molecule has 8 heteroatoms. The van der Waals surface area contributed by atoms with Gasteiger partial charge in [0.25, 0.3) is 0 Å². The number of aliphatic hydroxyl groups is 2. The van der Waals surface area contributed by atoms with E-state index in [1.807, 2.05) is 0 Å². The minimum atomic E-state index is -0.939. The summed E-state index contributed by atoms with van der Waals surface area (Å²) >= 11 is 0. The average Bonchev–Trinajstić information content (AvgIpc) is 2.95. The number of aliphatic carboxylic acids is 2. The van der Waals surface area contributed by atoms with E-state index in [9.17, 15) is 30.0 Å². The maximum absolute atomic E-state index is 10.2. The van der Waals surface area contributed by atoms with E-state index >= 15 is 0 Å². The van der Waals surface area contributed by atoms with Crippen LogP contribution in [-0.2, 0) is 48.5 Å². The van der Waals surface area contributed by atoms with Gasteiger partial charge in [-0.15, -0.1) is 0 Å². The fourth-order valence-electron chi connectivity index (χ4n) is 4.72. The van der Waals surface area contributed by atoms with Crippen LogP contribution >= 0.6 is 0 Å². The molecule has 0 aliphatic carbocycles. The number of hydrogen-bond donors (Lipinski definition) is 2. The average molecular weight is 726 g/mol. The zero-order valence-corrected chi connectivity index (χ0v) is 34.7. The third-order valence-electron chi connectivity index (χ3n) is 7.43. The third-order valence-corrected chi connectivity index (χ3v) is 7.43. The molecule has 0 heterocycles. The Balaban J connectivity index is -0.000000348. The fraction of sp³-hybridized carbons (Fsp3) is 0.833. The van der Waals surface area contributed by atoms with Crippen molar-refractivity contribution in [2.45, 2.75) is 193 Å². The molecule has 0 aromatic rings. The van der Waals surface area contributed by atoms with Crippen LogP contribution in [0.1, 0.15) is 181 Å². The molecular formula is C36H66O6Zn2+2. The second kappa shape index (κ2) is 42.6. The van der Waals surface area contributed by atoms with Crippen LogP contribution in [-0.4, -0.2) is 34.4 Å². The summed E-state index contributed by atoms with van der Waals surface area (Å²) in [6.07, 6.45) is 34.0. The van der Waals surface area contributed by atoms with Crippen LogP contribution in [0.15, 0.2) is 24.3 Å². The summed E-state index contributed by atoms with van der Waals surface area (Å²) < 4.78 is 0. The van der Waals surface area contributed by atoms with Crippen molar-refractivity contribution in [3.05, 3.63) is 24.3 Å². The normalized spacial score (nSPS) is 12.3. The Bertz CT molecular complexity index is 588. The van der Waals surface area contributed by atoms with Crippen molar-refractivity contribution in [3.8, 4) is 0 Å². The Morgan fingerprint density at radius 3 is 1.16 bits per heavy atom. The molecule has 0 aliphatic heterocycles. The minimum absolute atomic E-state index is 0. The first-order valence-electron chi connectivity index (χ1n) is 17.4. The molecule has 0 rings (SSSR count). The number of unbranched alkanes of at least 4 members (excludes halogenated alkanes) is 16. The Hall–Kier alpha value is -0.413. The first-order valence-corrected chi connectivity index (χ1v) is 17.4. The molecular weight excluding hydrogens is 659 g/mol. The second-order valence-electron chi connectivity index (χ2n) is 11.8. The van der Waals surface area contributed by atoms with E-state index in [1.165, 1.54) is 38.5 Å². The van der Waals surface area contributed by atoms with Gasteiger partial charge in [0, 0.05) is 11.9 Å². The van der Waals surface area contributed by atoms with Crippen LogP contribution < -0.4 is 10.2 Å². The zero-order chi connectivity index (χ0) is 31.5.